The molecule has 1 aliphatic rings. The van der Waals surface area contributed by atoms with Crippen molar-refractivity contribution in [1.29, 1.82) is 0 Å². The van der Waals surface area contributed by atoms with E-state index < -0.39 is 0 Å². The van der Waals surface area contributed by atoms with Crippen molar-refractivity contribution in [1.82, 2.24) is 10.3 Å². The van der Waals surface area contributed by atoms with Crippen LogP contribution in [-0.2, 0) is 0 Å². The van der Waals surface area contributed by atoms with Crippen LogP contribution in [0.2, 0.25) is 0 Å². The minimum atomic E-state index is 0.789. The Morgan fingerprint density at radius 2 is 2.20 bits per heavy atom. The van der Waals surface area contributed by atoms with Crippen molar-refractivity contribution in [2.24, 2.45) is 0 Å². The van der Waals surface area contributed by atoms with E-state index in [1.54, 1.807) is 0 Å². The molecule has 0 bridgehead atoms. The molecule has 0 atom stereocenters. The van der Waals surface area contributed by atoms with Gasteiger partial charge in [0.25, 0.3) is 0 Å². The first kappa shape index (κ1) is 10.4. The summed E-state index contributed by atoms with van der Waals surface area (Å²) in [6, 6.07) is 4.89. The first-order valence-electron chi connectivity index (χ1n) is 5.71. The van der Waals surface area contributed by atoms with Crippen molar-refractivity contribution in [3.8, 4) is 0 Å². The number of nitrogens with zero attached hydrogens (tertiary/aromatic N) is 1. The minimum absolute atomic E-state index is 0.789. The molecule has 1 aliphatic carbocycles. The Hall–Kier alpha value is -1.15. The van der Waals surface area contributed by atoms with Crippen molar-refractivity contribution in [2.45, 2.75) is 32.2 Å². The molecule has 0 saturated heterocycles. The molecule has 15 heavy (non-hydrogen) atoms. The quantitative estimate of drug-likeness (QED) is 0.794. The lowest BCUT2D eigenvalue weighted by atomic mass is 10.1. The molecule has 1 aromatic rings. The van der Waals surface area contributed by atoms with Gasteiger partial charge < -0.3 is 5.32 Å². The van der Waals surface area contributed by atoms with Gasteiger partial charge in [0.2, 0.25) is 0 Å². The van der Waals surface area contributed by atoms with Gasteiger partial charge >= 0.3 is 0 Å². The van der Waals surface area contributed by atoms with Gasteiger partial charge in [-0.25, -0.2) is 0 Å². The molecule has 0 aliphatic heterocycles. The molecule has 1 N–H and O–H groups in total. The number of aromatic nitrogens is 1. The average Bonchev–Trinajstić information content (AvgIpc) is 3.09. The maximum atomic E-state index is 4.02. The van der Waals surface area contributed by atoms with Crippen LogP contribution >= 0.6 is 0 Å². The zero-order valence-corrected chi connectivity index (χ0v) is 9.24. The zero-order valence-electron chi connectivity index (χ0n) is 9.24. The summed E-state index contributed by atoms with van der Waals surface area (Å²) >= 11 is 0. The maximum absolute atomic E-state index is 4.02. The van der Waals surface area contributed by atoms with Crippen LogP contribution in [0, 0.1) is 0 Å². The van der Waals surface area contributed by atoms with E-state index in [9.17, 15) is 0 Å². The Labute approximate surface area is 91.4 Å². The molecule has 2 heteroatoms. The van der Waals surface area contributed by atoms with Gasteiger partial charge in [-0.05, 0) is 37.0 Å². The lowest BCUT2D eigenvalue weighted by Crippen LogP contribution is -2.18. The maximum Gasteiger partial charge on any atom is 0.0273 e. The summed E-state index contributed by atoms with van der Waals surface area (Å²) < 4.78 is 0. The normalized spacial score (nSPS) is 16.7. The Balaban J connectivity index is 1.94. The first-order valence-corrected chi connectivity index (χ1v) is 5.71. The predicted octanol–water partition coefficient (Wildman–Crippen LogP) is 2.63. The third-order valence-corrected chi connectivity index (χ3v) is 2.73. The van der Waals surface area contributed by atoms with Crippen molar-refractivity contribution in [3.63, 3.8) is 0 Å². The molecule has 2 rings (SSSR count). The van der Waals surface area contributed by atoms with E-state index in [-0.39, 0.29) is 0 Å². The SMILES string of the molecule is CCC(=Cc1ccncc1)CNC1CC1. The first-order chi connectivity index (χ1) is 7.38. The third kappa shape index (κ3) is 3.48. The van der Waals surface area contributed by atoms with Crippen molar-refractivity contribution >= 4 is 6.08 Å². The lowest BCUT2D eigenvalue weighted by molar-refractivity contribution is 0.723. The fraction of sp³-hybridized carbons (Fsp3) is 0.462. The van der Waals surface area contributed by atoms with E-state index in [1.165, 1.54) is 24.0 Å². The summed E-state index contributed by atoms with van der Waals surface area (Å²) in [6.07, 6.45) is 9.76. The van der Waals surface area contributed by atoms with Gasteiger partial charge in [0.15, 0.2) is 0 Å². The highest BCUT2D eigenvalue weighted by molar-refractivity contribution is 5.52. The highest BCUT2D eigenvalue weighted by atomic mass is 14.9. The standard InChI is InChI=1S/C13H18N2/c1-2-11(10-15-13-3-4-13)9-12-5-7-14-8-6-12/h5-9,13,15H,2-4,10H2,1H3. The van der Waals surface area contributed by atoms with Crippen molar-refractivity contribution < 1.29 is 0 Å². The van der Waals surface area contributed by atoms with E-state index in [2.05, 4.69) is 23.3 Å². The summed E-state index contributed by atoms with van der Waals surface area (Å²) in [6.45, 7) is 3.24. The van der Waals surface area contributed by atoms with Crippen LogP contribution in [0.3, 0.4) is 0 Å². The molecule has 0 radical (unpaired) electrons. The Morgan fingerprint density at radius 1 is 1.47 bits per heavy atom. The fourth-order valence-corrected chi connectivity index (χ4v) is 1.54. The highest BCUT2D eigenvalue weighted by Crippen LogP contribution is 2.19. The number of nitrogens with one attached hydrogen (secondary N) is 1. The molecule has 0 unspecified atom stereocenters. The third-order valence-electron chi connectivity index (χ3n) is 2.73. The van der Waals surface area contributed by atoms with Gasteiger partial charge in [-0.3, -0.25) is 4.98 Å². The molecule has 0 spiro atoms. The largest absolute Gasteiger partial charge is 0.310 e. The molecule has 1 saturated carbocycles. The van der Waals surface area contributed by atoms with E-state index >= 15 is 0 Å². The summed E-state index contributed by atoms with van der Waals surface area (Å²) in [4.78, 5) is 4.02. The van der Waals surface area contributed by atoms with E-state index in [0.717, 1.165) is 19.0 Å². The Bertz CT molecular complexity index is 326. The number of hydrogen-bond acceptors (Lipinski definition) is 2. The Kier molecular flexibility index (Phi) is 3.51. The van der Waals surface area contributed by atoms with Crippen LogP contribution in [0.25, 0.3) is 6.08 Å². The van der Waals surface area contributed by atoms with E-state index in [0.29, 0.717) is 0 Å². The smallest absolute Gasteiger partial charge is 0.0273 e. The second-order valence-electron chi connectivity index (χ2n) is 4.09. The van der Waals surface area contributed by atoms with Crippen LogP contribution < -0.4 is 5.32 Å². The van der Waals surface area contributed by atoms with E-state index in [1.807, 2.05) is 24.5 Å². The molecule has 2 nitrogen and oxygen atoms in total. The molecule has 80 valence electrons. The van der Waals surface area contributed by atoms with Gasteiger partial charge in [0, 0.05) is 25.0 Å². The van der Waals surface area contributed by atoms with Gasteiger partial charge in [-0.15, -0.1) is 0 Å². The summed E-state index contributed by atoms with van der Waals surface area (Å²) in [7, 11) is 0. The second kappa shape index (κ2) is 5.08. The molecule has 0 aromatic carbocycles. The molecular formula is C13H18N2. The summed E-state index contributed by atoms with van der Waals surface area (Å²) in [5.41, 5.74) is 2.72. The lowest BCUT2D eigenvalue weighted by Gasteiger charge is -2.06. The average molecular weight is 202 g/mol. The summed E-state index contributed by atoms with van der Waals surface area (Å²) in [5.74, 6) is 0. The topological polar surface area (TPSA) is 24.9 Å². The fourth-order valence-electron chi connectivity index (χ4n) is 1.54. The van der Waals surface area contributed by atoms with Gasteiger partial charge in [-0.2, -0.15) is 0 Å². The van der Waals surface area contributed by atoms with Crippen LogP contribution in [0.5, 0.6) is 0 Å². The summed E-state index contributed by atoms with van der Waals surface area (Å²) in [5, 5.41) is 3.54. The molecule has 1 heterocycles. The zero-order chi connectivity index (χ0) is 10.5. The van der Waals surface area contributed by atoms with Crippen LogP contribution in [0.15, 0.2) is 30.1 Å². The van der Waals surface area contributed by atoms with Crippen LogP contribution in [0.1, 0.15) is 31.7 Å². The van der Waals surface area contributed by atoms with Gasteiger partial charge in [0.1, 0.15) is 0 Å². The number of hydrogen-bond donors (Lipinski definition) is 1. The number of rotatable bonds is 5. The van der Waals surface area contributed by atoms with E-state index in [4.69, 9.17) is 0 Å². The van der Waals surface area contributed by atoms with Crippen LogP contribution in [-0.4, -0.2) is 17.6 Å². The highest BCUT2D eigenvalue weighted by Gasteiger charge is 2.19. The van der Waals surface area contributed by atoms with Gasteiger partial charge in [-0.1, -0.05) is 18.6 Å². The Morgan fingerprint density at radius 3 is 2.80 bits per heavy atom. The van der Waals surface area contributed by atoms with Gasteiger partial charge in [0.05, 0.1) is 0 Å². The van der Waals surface area contributed by atoms with Crippen molar-refractivity contribution in [2.75, 3.05) is 6.54 Å². The molecule has 0 amide bonds. The molecule has 1 fully saturated rings. The van der Waals surface area contributed by atoms with Crippen molar-refractivity contribution in [3.05, 3.63) is 35.7 Å². The second-order valence-corrected chi connectivity index (χ2v) is 4.09. The molecule has 1 aromatic heterocycles. The monoisotopic (exact) mass is 202 g/mol. The minimum Gasteiger partial charge on any atom is -0.310 e. The van der Waals surface area contributed by atoms with Crippen LogP contribution in [0.4, 0.5) is 0 Å². The number of pyridine rings is 1. The molecular weight excluding hydrogens is 184 g/mol. The predicted molar refractivity (Wildman–Crippen MR) is 63.5 cm³/mol.